The summed E-state index contributed by atoms with van der Waals surface area (Å²) in [5.41, 5.74) is 6.02. The number of nitrogens with zero attached hydrogens (tertiary/aromatic N) is 1. The van der Waals surface area contributed by atoms with Gasteiger partial charge in [-0.3, -0.25) is 4.79 Å². The van der Waals surface area contributed by atoms with Crippen LogP contribution in [-0.2, 0) is 0 Å². The van der Waals surface area contributed by atoms with Crippen molar-refractivity contribution in [2.24, 2.45) is 5.41 Å². The number of hydrogen-bond donors (Lipinski definition) is 2. The van der Waals surface area contributed by atoms with Gasteiger partial charge in [0.15, 0.2) is 5.78 Å². The van der Waals surface area contributed by atoms with Crippen molar-refractivity contribution in [1.82, 2.24) is 10.3 Å². The number of anilines is 1. The molecule has 4 nitrogen and oxygen atoms in total. The number of halogens is 1. The second kappa shape index (κ2) is 5.88. The zero-order valence-electron chi connectivity index (χ0n) is 11.2. The lowest BCUT2D eigenvalue weighted by Gasteiger charge is -2.36. The van der Waals surface area contributed by atoms with Crippen LogP contribution in [0.1, 0.15) is 43.0 Å². The van der Waals surface area contributed by atoms with Gasteiger partial charge in [0.2, 0.25) is 0 Å². The van der Waals surface area contributed by atoms with Crippen LogP contribution >= 0.6 is 11.6 Å². The van der Waals surface area contributed by atoms with Crippen molar-refractivity contribution in [3.63, 3.8) is 0 Å². The van der Waals surface area contributed by atoms with Crippen LogP contribution in [-0.4, -0.2) is 23.9 Å². The number of nitrogen functional groups attached to an aromatic ring is 1. The molecule has 0 saturated carbocycles. The van der Waals surface area contributed by atoms with Crippen LogP contribution in [0.15, 0.2) is 12.3 Å². The van der Waals surface area contributed by atoms with Crippen LogP contribution in [0.4, 0.5) is 5.82 Å². The predicted molar refractivity (Wildman–Crippen MR) is 77.4 cm³/mol. The molecule has 0 amide bonds. The minimum atomic E-state index is -0.305. The molecule has 1 aliphatic rings. The van der Waals surface area contributed by atoms with Crippen molar-refractivity contribution in [2.75, 3.05) is 18.8 Å². The maximum atomic E-state index is 12.9. The third-order valence-electron chi connectivity index (χ3n) is 3.90. The Labute approximate surface area is 118 Å². The minimum Gasteiger partial charge on any atom is -0.383 e. The highest BCUT2D eigenvalue weighted by molar-refractivity contribution is 6.31. The lowest BCUT2D eigenvalue weighted by atomic mass is 9.70. The lowest BCUT2D eigenvalue weighted by molar-refractivity contribution is 0.0705. The Morgan fingerprint density at radius 3 is 2.84 bits per heavy atom. The molecular weight excluding hydrogens is 262 g/mol. The number of hydrogen-bond acceptors (Lipinski definition) is 4. The number of carbonyl (C=O) groups is 1. The highest BCUT2D eigenvalue weighted by Gasteiger charge is 2.39. The van der Waals surface area contributed by atoms with Gasteiger partial charge in [0.1, 0.15) is 5.82 Å². The molecule has 1 fully saturated rings. The Bertz CT molecular complexity index is 464. The fraction of sp³-hybridized carbons (Fsp3) is 0.571. The molecule has 0 spiro atoms. The number of carbonyl (C=O) groups excluding carboxylic acids is 1. The van der Waals surface area contributed by atoms with Crippen LogP contribution in [0.5, 0.6) is 0 Å². The number of piperidine rings is 1. The average molecular weight is 282 g/mol. The molecule has 0 aromatic carbocycles. The molecule has 19 heavy (non-hydrogen) atoms. The molecule has 2 rings (SSSR count). The van der Waals surface area contributed by atoms with Gasteiger partial charge >= 0.3 is 0 Å². The van der Waals surface area contributed by atoms with Crippen molar-refractivity contribution in [2.45, 2.75) is 32.6 Å². The van der Waals surface area contributed by atoms with E-state index in [-0.39, 0.29) is 17.0 Å². The Balaban J connectivity index is 2.36. The summed E-state index contributed by atoms with van der Waals surface area (Å²) in [6, 6.07) is 1.64. The SMILES string of the molecule is CCCC1(C(=O)c2cc(Cl)cnc2N)CCNCC1. The molecule has 0 radical (unpaired) electrons. The summed E-state index contributed by atoms with van der Waals surface area (Å²) in [5.74, 6) is 0.381. The third kappa shape index (κ3) is 2.90. The molecule has 1 aromatic heterocycles. The fourth-order valence-corrected chi connectivity index (χ4v) is 3.05. The van der Waals surface area contributed by atoms with E-state index in [9.17, 15) is 4.79 Å². The Morgan fingerprint density at radius 1 is 1.53 bits per heavy atom. The summed E-state index contributed by atoms with van der Waals surface area (Å²) < 4.78 is 0. The Morgan fingerprint density at radius 2 is 2.21 bits per heavy atom. The number of nitrogens with one attached hydrogen (secondary N) is 1. The molecule has 1 aliphatic heterocycles. The molecule has 0 unspecified atom stereocenters. The summed E-state index contributed by atoms with van der Waals surface area (Å²) in [7, 11) is 0. The zero-order chi connectivity index (χ0) is 13.9. The van der Waals surface area contributed by atoms with Crippen molar-refractivity contribution in [3.8, 4) is 0 Å². The van der Waals surface area contributed by atoms with E-state index >= 15 is 0 Å². The zero-order valence-corrected chi connectivity index (χ0v) is 12.0. The molecule has 104 valence electrons. The molecule has 5 heteroatoms. The highest BCUT2D eigenvalue weighted by atomic mass is 35.5. The predicted octanol–water partition coefficient (Wildman–Crippen LogP) is 2.67. The first-order chi connectivity index (χ1) is 9.09. The van der Waals surface area contributed by atoms with E-state index in [1.165, 1.54) is 6.20 Å². The maximum Gasteiger partial charge on any atom is 0.172 e. The first kappa shape index (κ1) is 14.3. The largest absolute Gasteiger partial charge is 0.383 e. The van der Waals surface area contributed by atoms with E-state index in [1.54, 1.807) is 6.07 Å². The topological polar surface area (TPSA) is 68.0 Å². The van der Waals surface area contributed by atoms with Crippen LogP contribution < -0.4 is 11.1 Å². The standard InChI is InChI=1S/C14H20ClN3O/c1-2-3-14(4-6-17-7-5-14)12(19)11-8-10(15)9-18-13(11)16/h8-9,17H,2-7H2,1H3,(H2,16,18). The molecule has 0 atom stereocenters. The maximum absolute atomic E-state index is 12.9. The van der Waals surface area contributed by atoms with Gasteiger partial charge in [-0.05, 0) is 38.4 Å². The first-order valence-electron chi connectivity index (χ1n) is 6.75. The van der Waals surface area contributed by atoms with Crippen molar-refractivity contribution in [1.29, 1.82) is 0 Å². The molecule has 0 aliphatic carbocycles. The van der Waals surface area contributed by atoms with E-state index in [0.29, 0.717) is 10.6 Å². The van der Waals surface area contributed by atoms with Gasteiger partial charge in [0.25, 0.3) is 0 Å². The van der Waals surface area contributed by atoms with Gasteiger partial charge in [-0.25, -0.2) is 4.98 Å². The van der Waals surface area contributed by atoms with Gasteiger partial charge in [-0.15, -0.1) is 0 Å². The van der Waals surface area contributed by atoms with Gasteiger partial charge in [0.05, 0.1) is 10.6 Å². The van der Waals surface area contributed by atoms with E-state index in [0.717, 1.165) is 38.8 Å². The van der Waals surface area contributed by atoms with Gasteiger partial charge in [-0.2, -0.15) is 0 Å². The van der Waals surface area contributed by atoms with Gasteiger partial charge < -0.3 is 11.1 Å². The number of aromatic nitrogens is 1. The number of rotatable bonds is 4. The van der Waals surface area contributed by atoms with E-state index in [1.807, 2.05) is 0 Å². The van der Waals surface area contributed by atoms with Crippen LogP contribution in [0, 0.1) is 5.41 Å². The molecule has 3 N–H and O–H groups in total. The number of ketones is 1. The average Bonchev–Trinajstić information content (AvgIpc) is 2.42. The van der Waals surface area contributed by atoms with Gasteiger partial charge in [0, 0.05) is 11.6 Å². The quantitative estimate of drug-likeness (QED) is 0.833. The summed E-state index contributed by atoms with van der Waals surface area (Å²) in [6.45, 7) is 3.86. The minimum absolute atomic E-state index is 0.100. The normalized spacial score (nSPS) is 18.2. The second-order valence-electron chi connectivity index (χ2n) is 5.20. The van der Waals surface area contributed by atoms with Crippen molar-refractivity contribution < 1.29 is 4.79 Å². The Kier molecular flexibility index (Phi) is 4.42. The van der Waals surface area contributed by atoms with Crippen molar-refractivity contribution in [3.05, 3.63) is 22.8 Å². The van der Waals surface area contributed by atoms with E-state index in [4.69, 9.17) is 17.3 Å². The smallest absolute Gasteiger partial charge is 0.172 e. The number of nitrogens with two attached hydrogens (primary N) is 1. The second-order valence-corrected chi connectivity index (χ2v) is 5.63. The number of pyridine rings is 1. The summed E-state index contributed by atoms with van der Waals surface area (Å²) in [5, 5.41) is 3.76. The molecule has 1 aromatic rings. The Hall–Kier alpha value is -1.13. The molecule has 2 heterocycles. The van der Waals surface area contributed by atoms with E-state index < -0.39 is 0 Å². The van der Waals surface area contributed by atoms with Crippen LogP contribution in [0.3, 0.4) is 0 Å². The monoisotopic (exact) mass is 281 g/mol. The molecule has 0 bridgehead atoms. The molecular formula is C14H20ClN3O. The van der Waals surface area contributed by atoms with Crippen LogP contribution in [0.2, 0.25) is 5.02 Å². The summed E-state index contributed by atoms with van der Waals surface area (Å²) in [6.07, 6.45) is 5.05. The number of Topliss-reactive ketones (excluding diaryl/α,β-unsaturated/α-hetero) is 1. The fourth-order valence-electron chi connectivity index (χ4n) is 2.89. The summed E-state index contributed by atoms with van der Waals surface area (Å²) in [4.78, 5) is 16.9. The third-order valence-corrected chi connectivity index (χ3v) is 4.11. The van der Waals surface area contributed by atoms with Gasteiger partial charge in [-0.1, -0.05) is 24.9 Å². The summed E-state index contributed by atoms with van der Waals surface area (Å²) >= 11 is 5.94. The van der Waals surface area contributed by atoms with Crippen molar-refractivity contribution >= 4 is 23.2 Å². The first-order valence-corrected chi connectivity index (χ1v) is 7.13. The lowest BCUT2D eigenvalue weighted by Crippen LogP contribution is -2.42. The van der Waals surface area contributed by atoms with Crippen LogP contribution in [0.25, 0.3) is 0 Å². The highest BCUT2D eigenvalue weighted by Crippen LogP contribution is 2.38. The van der Waals surface area contributed by atoms with E-state index in [2.05, 4.69) is 17.2 Å². The molecule has 1 saturated heterocycles.